The topological polar surface area (TPSA) is 46.2 Å². The monoisotopic (exact) mass is 373 g/mol. The van der Waals surface area contributed by atoms with E-state index in [9.17, 15) is 8.42 Å². The summed E-state index contributed by atoms with van der Waals surface area (Å²) < 4.78 is 24.9. The molecule has 0 amide bonds. The van der Waals surface area contributed by atoms with E-state index in [-0.39, 0.29) is 5.75 Å². The van der Waals surface area contributed by atoms with Crippen LogP contribution in [0.1, 0.15) is 43.4 Å². The van der Waals surface area contributed by atoms with Crippen molar-refractivity contribution in [2.75, 3.05) is 13.1 Å². The SMILES string of the molecule is CC1CCNC1.CCCc1cc(S(=O)(=O)Cc2ccccc2)ccc1C. The second kappa shape index (κ2) is 9.89. The molecule has 1 aliphatic rings. The Hall–Kier alpha value is -1.65. The van der Waals surface area contributed by atoms with Crippen LogP contribution in [0.4, 0.5) is 0 Å². The Morgan fingerprint density at radius 1 is 1.12 bits per heavy atom. The lowest BCUT2D eigenvalue weighted by Gasteiger charge is -2.09. The first-order chi connectivity index (χ1) is 12.4. The van der Waals surface area contributed by atoms with Crippen LogP contribution in [0.25, 0.3) is 0 Å². The number of benzene rings is 2. The molecule has 1 heterocycles. The summed E-state index contributed by atoms with van der Waals surface area (Å²) in [5.74, 6) is 0.993. The molecule has 26 heavy (non-hydrogen) atoms. The van der Waals surface area contributed by atoms with Crippen molar-refractivity contribution < 1.29 is 8.42 Å². The van der Waals surface area contributed by atoms with E-state index in [1.54, 1.807) is 6.07 Å². The molecule has 0 bridgehead atoms. The average Bonchev–Trinajstić information content (AvgIpc) is 3.09. The fourth-order valence-electron chi connectivity index (χ4n) is 3.06. The highest BCUT2D eigenvalue weighted by Gasteiger charge is 2.16. The summed E-state index contributed by atoms with van der Waals surface area (Å²) in [5.41, 5.74) is 3.11. The van der Waals surface area contributed by atoms with Gasteiger partial charge in [0.05, 0.1) is 10.6 Å². The summed E-state index contributed by atoms with van der Waals surface area (Å²) in [4.78, 5) is 0.426. The second-order valence-corrected chi connectivity index (χ2v) is 9.17. The van der Waals surface area contributed by atoms with Crippen molar-refractivity contribution in [3.8, 4) is 0 Å². The molecule has 0 radical (unpaired) electrons. The third-order valence-electron chi connectivity index (χ3n) is 4.71. The normalized spacial score (nSPS) is 16.8. The maximum absolute atomic E-state index is 12.5. The summed E-state index contributed by atoms with van der Waals surface area (Å²) in [6.45, 7) is 8.88. The summed E-state index contributed by atoms with van der Waals surface area (Å²) in [6.07, 6.45) is 3.31. The Balaban J connectivity index is 0.000000342. The molecular formula is C22H31NO2S. The molecule has 3 nitrogen and oxygen atoms in total. The van der Waals surface area contributed by atoms with E-state index in [0.717, 1.165) is 35.4 Å². The van der Waals surface area contributed by atoms with E-state index >= 15 is 0 Å². The van der Waals surface area contributed by atoms with Crippen LogP contribution < -0.4 is 5.32 Å². The van der Waals surface area contributed by atoms with E-state index in [2.05, 4.69) is 19.2 Å². The fraction of sp³-hybridized carbons (Fsp3) is 0.455. The first-order valence-electron chi connectivity index (χ1n) is 9.49. The molecule has 1 saturated heterocycles. The number of hydrogen-bond acceptors (Lipinski definition) is 3. The van der Waals surface area contributed by atoms with E-state index in [1.807, 2.05) is 49.4 Å². The highest BCUT2D eigenvalue weighted by Crippen LogP contribution is 2.21. The minimum absolute atomic E-state index is 0.0580. The van der Waals surface area contributed by atoms with Gasteiger partial charge >= 0.3 is 0 Å². The van der Waals surface area contributed by atoms with Gasteiger partial charge in [0.1, 0.15) is 0 Å². The standard InChI is InChI=1S/C17H20O2S.C5H11N/c1-3-7-16-12-17(11-10-14(16)2)20(18,19)13-15-8-5-4-6-9-15;1-5-2-3-6-4-5/h4-6,8-12H,3,7,13H2,1-2H3;5-6H,2-4H2,1H3. The van der Waals surface area contributed by atoms with Gasteiger partial charge in [-0.3, -0.25) is 0 Å². The van der Waals surface area contributed by atoms with Crippen LogP contribution in [-0.2, 0) is 22.0 Å². The molecular weight excluding hydrogens is 342 g/mol. The quantitative estimate of drug-likeness (QED) is 0.837. The van der Waals surface area contributed by atoms with Gasteiger partial charge in [0.15, 0.2) is 9.84 Å². The molecule has 2 aromatic rings. The first kappa shape index (κ1) is 20.7. The molecule has 4 heteroatoms. The molecule has 1 fully saturated rings. The van der Waals surface area contributed by atoms with Crippen molar-refractivity contribution in [1.82, 2.24) is 5.32 Å². The molecule has 2 aromatic carbocycles. The molecule has 1 N–H and O–H groups in total. The van der Waals surface area contributed by atoms with Gasteiger partial charge in [-0.2, -0.15) is 0 Å². The van der Waals surface area contributed by atoms with Crippen LogP contribution in [0.2, 0.25) is 0 Å². The largest absolute Gasteiger partial charge is 0.316 e. The zero-order valence-electron chi connectivity index (χ0n) is 16.2. The minimum atomic E-state index is -3.27. The lowest BCUT2D eigenvalue weighted by molar-refractivity contribution is 0.595. The average molecular weight is 374 g/mol. The fourth-order valence-corrected chi connectivity index (χ4v) is 4.45. The van der Waals surface area contributed by atoms with E-state index in [1.165, 1.54) is 19.5 Å². The Kier molecular flexibility index (Phi) is 7.85. The maximum Gasteiger partial charge on any atom is 0.182 e. The van der Waals surface area contributed by atoms with Gasteiger partial charge in [-0.05, 0) is 67.6 Å². The molecule has 3 rings (SSSR count). The number of rotatable bonds is 5. The second-order valence-electron chi connectivity index (χ2n) is 7.18. The maximum atomic E-state index is 12.5. The van der Waals surface area contributed by atoms with Crippen LogP contribution >= 0.6 is 0 Å². The molecule has 0 aromatic heterocycles. The lowest BCUT2D eigenvalue weighted by atomic mass is 10.0. The molecule has 1 atom stereocenters. The van der Waals surface area contributed by atoms with Gasteiger partial charge < -0.3 is 5.32 Å². The molecule has 0 saturated carbocycles. The molecule has 142 valence electrons. The van der Waals surface area contributed by atoms with Crippen LogP contribution in [0.15, 0.2) is 53.4 Å². The predicted molar refractivity (Wildman–Crippen MR) is 109 cm³/mol. The van der Waals surface area contributed by atoms with E-state index in [0.29, 0.717) is 4.90 Å². The van der Waals surface area contributed by atoms with Crippen LogP contribution in [0.3, 0.4) is 0 Å². The molecule has 1 unspecified atom stereocenters. The Labute approximate surface area is 158 Å². The number of aryl methyl sites for hydroxylation is 2. The highest BCUT2D eigenvalue weighted by molar-refractivity contribution is 7.90. The van der Waals surface area contributed by atoms with Gasteiger partial charge in [0.2, 0.25) is 0 Å². The van der Waals surface area contributed by atoms with Crippen molar-refractivity contribution in [2.45, 2.75) is 50.7 Å². The predicted octanol–water partition coefficient (Wildman–Crippen LogP) is 4.54. The number of nitrogens with one attached hydrogen (secondary N) is 1. The van der Waals surface area contributed by atoms with Gasteiger partial charge in [-0.15, -0.1) is 0 Å². The first-order valence-corrected chi connectivity index (χ1v) is 11.1. The summed E-state index contributed by atoms with van der Waals surface area (Å²) in [7, 11) is -3.27. The summed E-state index contributed by atoms with van der Waals surface area (Å²) in [5, 5.41) is 3.27. The lowest BCUT2D eigenvalue weighted by Crippen LogP contribution is -2.06. The van der Waals surface area contributed by atoms with Crippen molar-refractivity contribution in [2.24, 2.45) is 5.92 Å². The number of sulfone groups is 1. The molecule has 0 aliphatic carbocycles. The van der Waals surface area contributed by atoms with Crippen LogP contribution in [0, 0.1) is 12.8 Å². The van der Waals surface area contributed by atoms with Gasteiger partial charge in [-0.1, -0.05) is 56.7 Å². The number of hydrogen-bond donors (Lipinski definition) is 1. The van der Waals surface area contributed by atoms with Crippen LogP contribution in [0.5, 0.6) is 0 Å². The van der Waals surface area contributed by atoms with E-state index in [4.69, 9.17) is 0 Å². The minimum Gasteiger partial charge on any atom is -0.316 e. The Morgan fingerprint density at radius 3 is 2.38 bits per heavy atom. The zero-order valence-corrected chi connectivity index (χ0v) is 17.0. The van der Waals surface area contributed by atoms with Crippen molar-refractivity contribution in [3.05, 3.63) is 65.2 Å². The zero-order chi connectivity index (χ0) is 19.0. The molecule has 1 aliphatic heterocycles. The van der Waals surface area contributed by atoms with Gasteiger partial charge in [0, 0.05) is 0 Å². The third kappa shape index (κ3) is 6.26. The van der Waals surface area contributed by atoms with E-state index < -0.39 is 9.84 Å². The van der Waals surface area contributed by atoms with Crippen molar-refractivity contribution in [3.63, 3.8) is 0 Å². The Morgan fingerprint density at radius 2 is 1.85 bits per heavy atom. The van der Waals surface area contributed by atoms with Crippen molar-refractivity contribution >= 4 is 9.84 Å². The summed E-state index contributed by atoms with van der Waals surface area (Å²) >= 11 is 0. The Bertz CT molecular complexity index is 779. The summed E-state index contributed by atoms with van der Waals surface area (Å²) in [6, 6.07) is 14.8. The smallest absolute Gasteiger partial charge is 0.182 e. The highest BCUT2D eigenvalue weighted by atomic mass is 32.2. The third-order valence-corrected chi connectivity index (χ3v) is 6.39. The van der Waals surface area contributed by atoms with Gasteiger partial charge in [0.25, 0.3) is 0 Å². The van der Waals surface area contributed by atoms with Crippen LogP contribution in [-0.4, -0.2) is 21.5 Å². The van der Waals surface area contributed by atoms with Crippen molar-refractivity contribution in [1.29, 1.82) is 0 Å². The van der Waals surface area contributed by atoms with Gasteiger partial charge in [-0.25, -0.2) is 8.42 Å². The molecule has 0 spiro atoms.